The Labute approximate surface area is 206 Å². The number of aliphatic carboxylic acids is 1. The van der Waals surface area contributed by atoms with Crippen LogP contribution in [0.25, 0.3) is 22.3 Å². The van der Waals surface area contributed by atoms with E-state index >= 15 is 0 Å². The first-order valence-corrected chi connectivity index (χ1v) is 11.1. The monoisotopic (exact) mass is 531 g/mol. The molecule has 3 aromatic rings. The summed E-state index contributed by atoms with van der Waals surface area (Å²) in [7, 11) is 1.67. The van der Waals surface area contributed by atoms with Gasteiger partial charge in [-0.15, -0.1) is 0 Å². The van der Waals surface area contributed by atoms with Crippen LogP contribution in [0.15, 0.2) is 30.3 Å². The molecule has 1 fully saturated rings. The van der Waals surface area contributed by atoms with Gasteiger partial charge in [0.25, 0.3) is 0 Å². The molecule has 1 aliphatic rings. The van der Waals surface area contributed by atoms with Crippen LogP contribution < -0.4 is 15.8 Å². The van der Waals surface area contributed by atoms with Crippen molar-refractivity contribution in [3.8, 4) is 17.0 Å². The molecular weight excluding hydrogens is 508 g/mol. The summed E-state index contributed by atoms with van der Waals surface area (Å²) in [5.74, 6) is -2.13. The Morgan fingerprint density at radius 3 is 2.24 bits per heavy atom. The number of anilines is 2. The molecule has 4 rings (SSSR count). The van der Waals surface area contributed by atoms with Crippen molar-refractivity contribution in [2.75, 3.05) is 18.1 Å². The Bertz CT molecular complexity index is 1260. The topological polar surface area (TPSA) is 123 Å². The fraction of sp³-hybridized carbons (Fsp3) is 0.391. The minimum atomic E-state index is -5.08. The summed E-state index contributed by atoms with van der Waals surface area (Å²) >= 11 is 0. The number of nitrogens with zero attached hydrogens (tertiary/aromatic N) is 3. The quantitative estimate of drug-likeness (QED) is 0.368. The second kappa shape index (κ2) is 11.0. The maximum Gasteiger partial charge on any atom is 0.490 e. The molecule has 0 atom stereocenters. The van der Waals surface area contributed by atoms with Gasteiger partial charge >= 0.3 is 18.3 Å². The number of carboxylic acid groups (broad SMARTS) is 1. The molecule has 0 spiro atoms. The molecule has 0 radical (unpaired) electrons. The third-order valence-corrected chi connectivity index (χ3v) is 5.49. The first-order valence-electron chi connectivity index (χ1n) is 11.1. The van der Waals surface area contributed by atoms with E-state index in [9.17, 15) is 26.3 Å². The van der Waals surface area contributed by atoms with E-state index in [1.807, 2.05) is 0 Å². The van der Waals surface area contributed by atoms with Gasteiger partial charge in [-0.2, -0.15) is 36.3 Å². The number of hydrogen-bond acceptors (Lipinski definition) is 7. The fourth-order valence-corrected chi connectivity index (χ4v) is 3.85. The zero-order valence-corrected chi connectivity index (χ0v) is 19.5. The van der Waals surface area contributed by atoms with Crippen molar-refractivity contribution in [3.05, 3.63) is 35.9 Å². The number of halogens is 6. The number of fused-ring (bicyclic) bond motifs is 1. The van der Waals surface area contributed by atoms with Gasteiger partial charge < -0.3 is 20.9 Å². The number of ether oxygens (including phenoxy) is 1. The molecule has 0 unspecified atom stereocenters. The highest BCUT2D eigenvalue weighted by Gasteiger charge is 2.38. The highest BCUT2D eigenvalue weighted by molar-refractivity contribution is 5.89. The van der Waals surface area contributed by atoms with Gasteiger partial charge in [-0.3, -0.25) is 0 Å². The molecule has 0 bridgehead atoms. The van der Waals surface area contributed by atoms with Crippen LogP contribution in [-0.4, -0.2) is 45.4 Å². The molecule has 8 nitrogen and oxygen atoms in total. The molecule has 37 heavy (non-hydrogen) atoms. The number of nitrogens with two attached hydrogens (primary N) is 1. The predicted molar refractivity (Wildman–Crippen MR) is 123 cm³/mol. The highest BCUT2D eigenvalue weighted by Crippen LogP contribution is 2.43. The standard InChI is InChI=1S/C21H22F3N5O.C2HF3O2/c1-26-18-13-10-11-15(27-19(13)29-20(25)28-18)17-14(21(22,23)24)8-5-9-16(17)30-12-6-3-2-4-7-12;3-2(4,5)1(6)7/h5,8-12H,2-4,6-7H2,1H3,(H3,25,26,27,28,29);(H,6,7). The third-order valence-electron chi connectivity index (χ3n) is 5.49. The van der Waals surface area contributed by atoms with E-state index in [4.69, 9.17) is 20.4 Å². The van der Waals surface area contributed by atoms with Gasteiger partial charge in [-0.25, -0.2) is 9.78 Å². The number of carbonyl (C=O) groups is 1. The molecule has 14 heteroatoms. The molecule has 1 saturated carbocycles. The van der Waals surface area contributed by atoms with Crippen LogP contribution in [0.3, 0.4) is 0 Å². The van der Waals surface area contributed by atoms with Crippen molar-refractivity contribution in [2.24, 2.45) is 0 Å². The van der Waals surface area contributed by atoms with Crippen molar-refractivity contribution >= 4 is 28.8 Å². The lowest BCUT2D eigenvalue weighted by atomic mass is 9.97. The number of rotatable bonds is 4. The van der Waals surface area contributed by atoms with E-state index in [0.29, 0.717) is 11.2 Å². The summed E-state index contributed by atoms with van der Waals surface area (Å²) in [5, 5.41) is 10.6. The van der Waals surface area contributed by atoms with E-state index in [0.717, 1.165) is 38.2 Å². The Kier molecular flexibility index (Phi) is 8.28. The Balaban J connectivity index is 0.000000479. The minimum absolute atomic E-state index is 0.0146. The number of carboxylic acids is 1. The molecule has 0 saturated heterocycles. The van der Waals surface area contributed by atoms with Crippen LogP contribution in [-0.2, 0) is 11.0 Å². The SMILES string of the molecule is CNc1nc(N)nc2nc(-c3c(OC4CCCCC4)cccc3C(F)(F)F)ccc12.O=C(O)C(F)(F)F. The minimum Gasteiger partial charge on any atom is -0.490 e. The highest BCUT2D eigenvalue weighted by atomic mass is 19.4. The largest absolute Gasteiger partial charge is 0.490 e. The predicted octanol–water partition coefficient (Wildman–Crippen LogP) is 5.68. The van der Waals surface area contributed by atoms with Crippen LogP contribution >= 0.6 is 0 Å². The van der Waals surface area contributed by atoms with Crippen LogP contribution in [0, 0.1) is 0 Å². The normalized spacial score (nSPS) is 14.6. The van der Waals surface area contributed by atoms with Crippen molar-refractivity contribution in [2.45, 2.75) is 50.6 Å². The summed E-state index contributed by atoms with van der Waals surface area (Å²) in [5.41, 5.74) is 5.20. The zero-order valence-electron chi connectivity index (χ0n) is 19.5. The van der Waals surface area contributed by atoms with Gasteiger partial charge in [0.15, 0.2) is 5.65 Å². The summed E-state index contributed by atoms with van der Waals surface area (Å²) in [6, 6.07) is 7.15. The second-order valence-corrected chi connectivity index (χ2v) is 8.11. The van der Waals surface area contributed by atoms with Gasteiger partial charge in [0.2, 0.25) is 5.95 Å². The molecule has 2 heterocycles. The summed E-state index contributed by atoms with van der Waals surface area (Å²) < 4.78 is 79.3. The van der Waals surface area contributed by atoms with Gasteiger partial charge in [-0.05, 0) is 49.9 Å². The van der Waals surface area contributed by atoms with Crippen molar-refractivity contribution in [1.29, 1.82) is 0 Å². The molecule has 2 aromatic heterocycles. The first-order chi connectivity index (χ1) is 17.3. The average Bonchev–Trinajstić information content (AvgIpc) is 2.83. The van der Waals surface area contributed by atoms with Crippen molar-refractivity contribution in [1.82, 2.24) is 15.0 Å². The molecule has 200 valence electrons. The summed E-state index contributed by atoms with van der Waals surface area (Å²) in [6.45, 7) is 0. The van der Waals surface area contributed by atoms with Crippen molar-refractivity contribution < 1.29 is 41.0 Å². The second-order valence-electron chi connectivity index (χ2n) is 8.11. The zero-order chi connectivity index (χ0) is 27.4. The summed E-state index contributed by atoms with van der Waals surface area (Å²) in [4.78, 5) is 21.5. The van der Waals surface area contributed by atoms with Crippen LogP contribution in [0.5, 0.6) is 5.75 Å². The number of alkyl halides is 6. The molecule has 4 N–H and O–H groups in total. The number of nitrogen functional groups attached to an aromatic ring is 1. The molecule has 0 aliphatic heterocycles. The lowest BCUT2D eigenvalue weighted by molar-refractivity contribution is -0.192. The Morgan fingerprint density at radius 2 is 1.68 bits per heavy atom. The van der Waals surface area contributed by atoms with Gasteiger partial charge in [0.1, 0.15) is 11.6 Å². The van der Waals surface area contributed by atoms with Gasteiger partial charge in [-0.1, -0.05) is 12.5 Å². The average molecular weight is 531 g/mol. The lowest BCUT2D eigenvalue weighted by Gasteiger charge is -2.25. The smallest absolute Gasteiger partial charge is 0.490 e. The van der Waals surface area contributed by atoms with E-state index < -0.39 is 23.9 Å². The number of aromatic nitrogens is 3. The van der Waals surface area contributed by atoms with E-state index in [2.05, 4.69) is 20.3 Å². The number of benzene rings is 1. The molecule has 1 aliphatic carbocycles. The maximum atomic E-state index is 13.9. The first kappa shape index (κ1) is 27.7. The Morgan fingerprint density at radius 1 is 1.03 bits per heavy atom. The number of nitrogens with one attached hydrogen (secondary N) is 1. The lowest BCUT2D eigenvalue weighted by Crippen LogP contribution is -2.21. The number of pyridine rings is 1. The summed E-state index contributed by atoms with van der Waals surface area (Å²) in [6.07, 6.45) is -4.94. The van der Waals surface area contributed by atoms with Crippen LogP contribution in [0.4, 0.5) is 38.1 Å². The van der Waals surface area contributed by atoms with Gasteiger partial charge in [0, 0.05) is 7.05 Å². The third kappa shape index (κ3) is 6.89. The Hall–Kier alpha value is -3.84. The maximum absolute atomic E-state index is 13.9. The molecular formula is C23H23F6N5O3. The van der Waals surface area contributed by atoms with Crippen molar-refractivity contribution in [3.63, 3.8) is 0 Å². The van der Waals surface area contributed by atoms with Crippen LogP contribution in [0.1, 0.15) is 37.7 Å². The van der Waals surface area contributed by atoms with E-state index in [1.54, 1.807) is 19.2 Å². The molecule has 1 aromatic carbocycles. The fourth-order valence-electron chi connectivity index (χ4n) is 3.85. The van der Waals surface area contributed by atoms with Gasteiger partial charge in [0.05, 0.1) is 28.3 Å². The molecule has 0 amide bonds. The van der Waals surface area contributed by atoms with Crippen LogP contribution in [0.2, 0.25) is 0 Å². The van der Waals surface area contributed by atoms with E-state index in [1.165, 1.54) is 12.1 Å². The van der Waals surface area contributed by atoms with E-state index in [-0.39, 0.29) is 34.7 Å². The number of hydrogen-bond donors (Lipinski definition) is 3.